The van der Waals surface area contributed by atoms with Crippen molar-refractivity contribution in [3.8, 4) is 11.5 Å². The quantitative estimate of drug-likeness (QED) is 0.0858. The maximum Gasteiger partial charge on any atom is 0.320 e. The van der Waals surface area contributed by atoms with Crippen LogP contribution >= 0.6 is 0 Å². The molecule has 0 amide bonds. The molecule has 0 heterocycles. The van der Waals surface area contributed by atoms with Crippen LogP contribution in [0.3, 0.4) is 0 Å². The molecule has 0 saturated heterocycles. The van der Waals surface area contributed by atoms with E-state index in [0.717, 1.165) is 11.0 Å². The summed E-state index contributed by atoms with van der Waals surface area (Å²) >= 11 is 0. The molecular formula is C23H33N3O14. The van der Waals surface area contributed by atoms with Gasteiger partial charge in [0, 0.05) is 6.54 Å². The number of hydrogen-bond acceptors (Lipinski definition) is 12. The third-order valence-corrected chi connectivity index (χ3v) is 5.62. The number of nitro groups is 1. The number of benzene rings is 1. The average molecular weight is 576 g/mol. The minimum absolute atomic E-state index is 0.00870. The van der Waals surface area contributed by atoms with E-state index in [4.69, 9.17) is 29.2 Å². The fraction of sp³-hybridized carbons (Fsp3) is 0.565. The second-order valence-electron chi connectivity index (χ2n) is 8.30. The van der Waals surface area contributed by atoms with E-state index in [1.807, 2.05) is 0 Å². The number of methoxy groups -OCH3 is 2. The van der Waals surface area contributed by atoms with Crippen molar-refractivity contribution in [3.63, 3.8) is 0 Å². The number of carboxylic acids is 4. The number of carboxylic acid groups (broad SMARTS) is 4. The van der Waals surface area contributed by atoms with Crippen LogP contribution in [0.15, 0.2) is 12.1 Å². The summed E-state index contributed by atoms with van der Waals surface area (Å²) in [6.45, 7) is -1.31. The summed E-state index contributed by atoms with van der Waals surface area (Å²) in [5.74, 6) is -5.05. The zero-order valence-electron chi connectivity index (χ0n) is 22.2. The smallest absolute Gasteiger partial charge is 0.320 e. The van der Waals surface area contributed by atoms with Gasteiger partial charge in [-0.05, 0) is 13.0 Å². The van der Waals surface area contributed by atoms with Crippen LogP contribution in [0.25, 0.3) is 0 Å². The van der Waals surface area contributed by atoms with Crippen molar-refractivity contribution in [1.29, 1.82) is 0 Å². The SMILES string of the molecule is COc1cc(C(COCCOCCN(CC(=O)O)C(C)C(=O)O)N(CC(=O)O)CC(=O)O)c([N+](=O)[O-])cc1OC. The molecule has 0 fully saturated rings. The van der Waals surface area contributed by atoms with E-state index in [9.17, 15) is 39.5 Å². The first kappa shape index (κ1) is 34.0. The van der Waals surface area contributed by atoms with Gasteiger partial charge in [0.05, 0.1) is 82.9 Å². The highest BCUT2D eigenvalue weighted by molar-refractivity contribution is 5.75. The number of nitro benzene ring substituents is 1. The Bertz CT molecular complexity index is 1030. The van der Waals surface area contributed by atoms with Crippen molar-refractivity contribution in [3.05, 3.63) is 27.8 Å². The fourth-order valence-corrected chi connectivity index (χ4v) is 3.66. The molecule has 0 aromatic heterocycles. The van der Waals surface area contributed by atoms with E-state index >= 15 is 0 Å². The summed E-state index contributed by atoms with van der Waals surface area (Å²) in [6.07, 6.45) is 0. The Morgan fingerprint density at radius 2 is 1.35 bits per heavy atom. The van der Waals surface area contributed by atoms with Crippen LogP contribution in [0.2, 0.25) is 0 Å². The molecule has 17 nitrogen and oxygen atoms in total. The first-order chi connectivity index (χ1) is 18.8. The van der Waals surface area contributed by atoms with Crippen molar-refractivity contribution in [2.45, 2.75) is 19.0 Å². The Kier molecular flexibility index (Phi) is 14.3. The third kappa shape index (κ3) is 11.0. The Hall–Kier alpha value is -4.06. The number of ether oxygens (including phenoxy) is 4. The molecule has 0 bridgehead atoms. The Labute approximate surface area is 228 Å². The van der Waals surface area contributed by atoms with Crippen LogP contribution in [0.4, 0.5) is 5.69 Å². The van der Waals surface area contributed by atoms with Gasteiger partial charge in [0.2, 0.25) is 0 Å². The predicted molar refractivity (Wildman–Crippen MR) is 134 cm³/mol. The second-order valence-corrected chi connectivity index (χ2v) is 8.30. The highest BCUT2D eigenvalue weighted by Crippen LogP contribution is 2.39. The first-order valence-electron chi connectivity index (χ1n) is 11.7. The van der Waals surface area contributed by atoms with Gasteiger partial charge in [-0.15, -0.1) is 0 Å². The number of rotatable bonds is 21. The molecule has 1 aromatic carbocycles. The molecule has 40 heavy (non-hydrogen) atoms. The van der Waals surface area contributed by atoms with Crippen LogP contribution in [0.5, 0.6) is 11.5 Å². The summed E-state index contributed by atoms with van der Waals surface area (Å²) in [4.78, 5) is 58.4. The lowest BCUT2D eigenvalue weighted by molar-refractivity contribution is -0.386. The molecule has 0 aliphatic carbocycles. The van der Waals surface area contributed by atoms with Gasteiger partial charge in [-0.3, -0.25) is 39.1 Å². The molecule has 0 radical (unpaired) electrons. The zero-order chi connectivity index (χ0) is 30.4. The highest BCUT2D eigenvalue weighted by Gasteiger charge is 2.32. The highest BCUT2D eigenvalue weighted by atomic mass is 16.6. The lowest BCUT2D eigenvalue weighted by atomic mass is 10.0. The molecular weight excluding hydrogens is 542 g/mol. The van der Waals surface area contributed by atoms with E-state index < -0.39 is 66.2 Å². The van der Waals surface area contributed by atoms with Crippen LogP contribution in [0, 0.1) is 10.1 Å². The molecule has 2 unspecified atom stereocenters. The van der Waals surface area contributed by atoms with Crippen molar-refractivity contribution in [2.24, 2.45) is 0 Å². The third-order valence-electron chi connectivity index (χ3n) is 5.62. The molecule has 0 aliphatic rings. The molecule has 2 atom stereocenters. The molecule has 1 aromatic rings. The largest absolute Gasteiger partial charge is 0.493 e. The Morgan fingerprint density at radius 1 is 0.850 bits per heavy atom. The minimum Gasteiger partial charge on any atom is -0.493 e. The Morgan fingerprint density at radius 3 is 1.82 bits per heavy atom. The monoisotopic (exact) mass is 575 g/mol. The van der Waals surface area contributed by atoms with Gasteiger partial charge >= 0.3 is 23.9 Å². The van der Waals surface area contributed by atoms with Crippen molar-refractivity contribution in [2.75, 3.05) is 66.8 Å². The van der Waals surface area contributed by atoms with Crippen LogP contribution < -0.4 is 9.47 Å². The van der Waals surface area contributed by atoms with E-state index in [2.05, 4.69) is 0 Å². The predicted octanol–water partition coefficient (Wildman–Crippen LogP) is 0.0172. The molecule has 4 N–H and O–H groups in total. The standard InChI is InChI=1S/C23H33N3O14/c1-14(23(33)34)24(10-20(27)28)4-5-39-6-7-40-13-17(25(11-21(29)30)12-22(31)32)15-8-18(37-2)19(38-3)9-16(15)26(35)36/h8-9,14,17H,4-7,10-13H2,1-3H3,(H,27,28)(H,29,30)(H,31,32)(H,33,34). The van der Waals surface area contributed by atoms with Crippen LogP contribution in [-0.2, 0) is 28.7 Å². The fourth-order valence-electron chi connectivity index (χ4n) is 3.66. The lowest BCUT2D eigenvalue weighted by Gasteiger charge is -2.29. The maximum atomic E-state index is 11.8. The molecule has 1 rings (SSSR count). The normalized spacial score (nSPS) is 12.6. The molecule has 0 spiro atoms. The summed E-state index contributed by atoms with van der Waals surface area (Å²) in [6, 6.07) is 0.0439. The Balaban J connectivity index is 3.06. The van der Waals surface area contributed by atoms with Gasteiger partial charge in [0.25, 0.3) is 5.69 Å². The van der Waals surface area contributed by atoms with Gasteiger partial charge in [-0.2, -0.15) is 0 Å². The summed E-state index contributed by atoms with van der Waals surface area (Å²) in [5, 5.41) is 48.6. The van der Waals surface area contributed by atoms with E-state index in [-0.39, 0.29) is 50.0 Å². The molecule has 17 heteroatoms. The number of aliphatic carboxylic acids is 4. The first-order valence-corrected chi connectivity index (χ1v) is 11.7. The van der Waals surface area contributed by atoms with Crippen molar-refractivity contribution >= 4 is 29.6 Å². The molecule has 224 valence electrons. The maximum absolute atomic E-state index is 11.8. The number of hydrogen-bond donors (Lipinski definition) is 4. The number of nitrogens with zero attached hydrogens (tertiary/aromatic N) is 3. The van der Waals surface area contributed by atoms with E-state index in [0.29, 0.717) is 0 Å². The average Bonchev–Trinajstić information content (AvgIpc) is 2.87. The summed E-state index contributed by atoms with van der Waals surface area (Å²) in [5.41, 5.74) is -0.549. The van der Waals surface area contributed by atoms with Gasteiger partial charge in [-0.25, -0.2) is 0 Å². The van der Waals surface area contributed by atoms with Crippen molar-refractivity contribution < 1.29 is 63.5 Å². The van der Waals surface area contributed by atoms with E-state index in [1.165, 1.54) is 32.1 Å². The van der Waals surface area contributed by atoms with Gasteiger partial charge in [0.15, 0.2) is 11.5 Å². The van der Waals surface area contributed by atoms with Gasteiger partial charge in [0.1, 0.15) is 6.04 Å². The minimum atomic E-state index is -1.38. The second kappa shape index (κ2) is 16.8. The molecule has 0 saturated carbocycles. The summed E-state index contributed by atoms with van der Waals surface area (Å²) < 4.78 is 21.3. The van der Waals surface area contributed by atoms with Crippen molar-refractivity contribution in [1.82, 2.24) is 9.80 Å². The van der Waals surface area contributed by atoms with Gasteiger partial charge in [-0.1, -0.05) is 0 Å². The number of carbonyl (C=O) groups is 4. The molecule has 0 aliphatic heterocycles. The van der Waals surface area contributed by atoms with Crippen LogP contribution in [0.1, 0.15) is 18.5 Å². The van der Waals surface area contributed by atoms with E-state index in [1.54, 1.807) is 0 Å². The van der Waals surface area contributed by atoms with Crippen LogP contribution in [-0.4, -0.2) is 132 Å². The topological polar surface area (TPSA) is 236 Å². The van der Waals surface area contributed by atoms with Gasteiger partial charge < -0.3 is 39.4 Å². The summed E-state index contributed by atoms with van der Waals surface area (Å²) in [7, 11) is 2.56. The zero-order valence-corrected chi connectivity index (χ0v) is 22.2. The lowest BCUT2D eigenvalue weighted by Crippen LogP contribution is -2.43.